The van der Waals surface area contributed by atoms with Crippen LogP contribution in [0.15, 0.2) is 22.5 Å². The van der Waals surface area contributed by atoms with Gasteiger partial charge in [-0.2, -0.15) is 0 Å². The average Bonchev–Trinajstić information content (AvgIpc) is 3.39. The molecule has 2 N–H and O–H groups in total. The third-order valence-electron chi connectivity index (χ3n) is 5.91. The number of sulfone groups is 1. The number of guanidine groups is 1. The lowest BCUT2D eigenvalue weighted by Crippen LogP contribution is -2.54. The Hall–Kier alpha value is -1.16. The van der Waals surface area contributed by atoms with Crippen LogP contribution in [-0.2, 0) is 14.6 Å². The van der Waals surface area contributed by atoms with Crippen molar-refractivity contribution in [2.24, 2.45) is 4.99 Å². The molecule has 0 radical (unpaired) electrons. The van der Waals surface area contributed by atoms with E-state index in [-0.39, 0.29) is 0 Å². The van der Waals surface area contributed by atoms with Gasteiger partial charge in [0.25, 0.3) is 0 Å². The van der Waals surface area contributed by atoms with Crippen LogP contribution in [0.5, 0.6) is 0 Å². The molecule has 2 saturated heterocycles. The molecule has 1 aromatic heterocycles. The predicted molar refractivity (Wildman–Crippen MR) is 115 cm³/mol. The van der Waals surface area contributed by atoms with Gasteiger partial charge in [-0.15, -0.1) is 11.3 Å². The molecule has 3 heterocycles. The lowest BCUT2D eigenvalue weighted by atomic mass is 9.99. The second-order valence-corrected chi connectivity index (χ2v) is 11.0. The Bertz CT molecular complexity index is 737. The van der Waals surface area contributed by atoms with Crippen molar-refractivity contribution in [3.8, 4) is 0 Å². The van der Waals surface area contributed by atoms with E-state index in [0.29, 0.717) is 44.6 Å². The van der Waals surface area contributed by atoms with E-state index in [0.717, 1.165) is 19.6 Å². The molecule has 0 bridgehead atoms. The number of hydrogen-bond donors (Lipinski definition) is 2. The molecule has 2 fully saturated rings. The number of aliphatic imine (C=N–C) groups is 1. The van der Waals surface area contributed by atoms with Crippen LogP contribution in [0.25, 0.3) is 0 Å². The number of nitrogens with zero attached hydrogens (tertiary/aromatic N) is 2. The Labute approximate surface area is 172 Å². The lowest BCUT2D eigenvalue weighted by molar-refractivity contribution is 0.0756. The quantitative estimate of drug-likeness (QED) is 0.508. The first-order valence-corrected chi connectivity index (χ1v) is 12.7. The number of likely N-dealkylation sites (tertiary alicyclic amines) is 1. The number of ether oxygens (including phenoxy) is 1. The molecule has 28 heavy (non-hydrogen) atoms. The smallest absolute Gasteiger partial charge is 0.191 e. The van der Waals surface area contributed by atoms with Crippen molar-refractivity contribution < 1.29 is 13.2 Å². The van der Waals surface area contributed by atoms with Gasteiger partial charge in [-0.25, -0.2) is 8.42 Å². The normalized spacial score (nSPS) is 22.1. The molecular formula is C19H32N4O3S2. The van der Waals surface area contributed by atoms with Gasteiger partial charge in [0.1, 0.15) is 0 Å². The maximum Gasteiger partial charge on any atom is 0.191 e. The van der Waals surface area contributed by atoms with Gasteiger partial charge in [0.05, 0.1) is 10.8 Å². The molecule has 9 heteroatoms. The standard InChI is InChI=1S/C19H32N4O3S2/c1-20-18(22-15-19(28(2,24)25)7-11-26-12-8-19)21-14-16(17-6-5-13-27-17)23-9-3-4-10-23/h5-6,13,16H,3-4,7-12,14-15H2,1-2H3,(H2,20,21,22). The highest BCUT2D eigenvalue weighted by atomic mass is 32.2. The van der Waals surface area contributed by atoms with Gasteiger partial charge in [-0.05, 0) is 50.2 Å². The predicted octanol–water partition coefficient (Wildman–Crippen LogP) is 1.64. The van der Waals surface area contributed by atoms with Crippen LogP contribution in [0, 0.1) is 0 Å². The van der Waals surface area contributed by atoms with E-state index < -0.39 is 14.6 Å². The molecule has 2 aliphatic heterocycles. The van der Waals surface area contributed by atoms with Crippen molar-refractivity contribution in [1.29, 1.82) is 0 Å². The minimum atomic E-state index is -3.20. The summed E-state index contributed by atoms with van der Waals surface area (Å²) in [4.78, 5) is 8.18. The van der Waals surface area contributed by atoms with Crippen molar-refractivity contribution in [2.75, 3.05) is 52.7 Å². The van der Waals surface area contributed by atoms with E-state index in [1.807, 2.05) is 0 Å². The van der Waals surface area contributed by atoms with E-state index in [9.17, 15) is 8.42 Å². The number of rotatable bonds is 7. The molecule has 0 saturated carbocycles. The first-order chi connectivity index (χ1) is 13.5. The zero-order valence-corrected chi connectivity index (χ0v) is 18.4. The summed E-state index contributed by atoms with van der Waals surface area (Å²) in [5.41, 5.74) is 0. The van der Waals surface area contributed by atoms with E-state index in [1.165, 1.54) is 24.0 Å². The Kier molecular flexibility index (Phi) is 7.36. The highest BCUT2D eigenvalue weighted by Gasteiger charge is 2.42. The van der Waals surface area contributed by atoms with Crippen LogP contribution in [0.3, 0.4) is 0 Å². The summed E-state index contributed by atoms with van der Waals surface area (Å²) < 4.78 is 29.5. The minimum absolute atomic E-state index is 0.313. The molecule has 2 aliphatic rings. The zero-order valence-electron chi connectivity index (χ0n) is 16.8. The maximum atomic E-state index is 12.4. The van der Waals surface area contributed by atoms with Gasteiger partial charge >= 0.3 is 0 Å². The summed E-state index contributed by atoms with van der Waals surface area (Å²) in [5, 5.41) is 8.81. The molecule has 1 unspecified atom stereocenters. The van der Waals surface area contributed by atoms with Gasteiger partial charge in [-0.1, -0.05) is 6.07 Å². The van der Waals surface area contributed by atoms with Crippen molar-refractivity contribution in [1.82, 2.24) is 15.5 Å². The Morgan fingerprint density at radius 1 is 1.32 bits per heavy atom. The summed E-state index contributed by atoms with van der Waals surface area (Å²) >= 11 is 1.78. The van der Waals surface area contributed by atoms with Crippen LogP contribution in [0.2, 0.25) is 0 Å². The third-order valence-corrected chi connectivity index (χ3v) is 9.01. The molecule has 1 aromatic rings. The SMILES string of the molecule is CN=C(NCC(c1cccs1)N1CCCC1)NCC1(S(C)(=O)=O)CCOCC1. The van der Waals surface area contributed by atoms with Gasteiger partial charge < -0.3 is 15.4 Å². The summed E-state index contributed by atoms with van der Waals surface area (Å²) in [6.45, 7) is 4.30. The summed E-state index contributed by atoms with van der Waals surface area (Å²) in [5.74, 6) is 0.648. The second kappa shape index (κ2) is 9.56. The topological polar surface area (TPSA) is 83.0 Å². The number of thiophene rings is 1. The molecule has 0 aromatic carbocycles. The van der Waals surface area contributed by atoms with E-state index in [2.05, 4.69) is 38.0 Å². The number of nitrogens with one attached hydrogen (secondary N) is 2. The second-order valence-electron chi connectivity index (χ2n) is 7.65. The summed E-state index contributed by atoms with van der Waals surface area (Å²) in [6.07, 6.45) is 4.85. The lowest BCUT2D eigenvalue weighted by Gasteiger charge is -2.36. The Balaban J connectivity index is 1.62. The van der Waals surface area contributed by atoms with E-state index in [4.69, 9.17) is 4.74 Å². The monoisotopic (exact) mass is 428 g/mol. The number of hydrogen-bond acceptors (Lipinski definition) is 6. The van der Waals surface area contributed by atoms with Gasteiger partial charge in [0, 0.05) is 44.5 Å². The van der Waals surface area contributed by atoms with Gasteiger partial charge in [-0.3, -0.25) is 9.89 Å². The third kappa shape index (κ3) is 5.06. The highest BCUT2D eigenvalue weighted by molar-refractivity contribution is 7.92. The van der Waals surface area contributed by atoms with Crippen molar-refractivity contribution >= 4 is 27.1 Å². The van der Waals surface area contributed by atoms with Crippen molar-refractivity contribution in [2.45, 2.75) is 36.5 Å². The molecule has 3 rings (SSSR count). The molecule has 0 aliphatic carbocycles. The Morgan fingerprint density at radius 3 is 2.61 bits per heavy atom. The zero-order chi connectivity index (χ0) is 20.0. The van der Waals surface area contributed by atoms with Crippen LogP contribution in [-0.4, -0.2) is 76.7 Å². The fourth-order valence-electron chi connectivity index (χ4n) is 4.02. The first-order valence-electron chi connectivity index (χ1n) is 9.94. The first kappa shape index (κ1) is 21.5. The summed E-state index contributed by atoms with van der Waals surface area (Å²) in [6, 6.07) is 4.59. The van der Waals surface area contributed by atoms with Gasteiger partial charge in [0.2, 0.25) is 0 Å². The van der Waals surface area contributed by atoms with Crippen molar-refractivity contribution in [3.05, 3.63) is 22.4 Å². The molecule has 158 valence electrons. The molecule has 1 atom stereocenters. The molecule has 7 nitrogen and oxygen atoms in total. The van der Waals surface area contributed by atoms with E-state index in [1.54, 1.807) is 18.4 Å². The molecule has 0 spiro atoms. The fourth-order valence-corrected chi connectivity index (χ4v) is 6.13. The molecular weight excluding hydrogens is 396 g/mol. The minimum Gasteiger partial charge on any atom is -0.381 e. The van der Waals surface area contributed by atoms with E-state index >= 15 is 0 Å². The largest absolute Gasteiger partial charge is 0.381 e. The van der Waals surface area contributed by atoms with Crippen LogP contribution in [0.4, 0.5) is 0 Å². The van der Waals surface area contributed by atoms with Crippen LogP contribution >= 0.6 is 11.3 Å². The van der Waals surface area contributed by atoms with Crippen LogP contribution in [0.1, 0.15) is 36.6 Å². The van der Waals surface area contributed by atoms with Crippen LogP contribution < -0.4 is 10.6 Å². The average molecular weight is 429 g/mol. The summed E-state index contributed by atoms with van der Waals surface area (Å²) in [7, 11) is -1.48. The Morgan fingerprint density at radius 2 is 2.04 bits per heavy atom. The fraction of sp³-hybridized carbons (Fsp3) is 0.737. The van der Waals surface area contributed by atoms with Crippen molar-refractivity contribution in [3.63, 3.8) is 0 Å². The maximum absolute atomic E-state index is 12.4. The highest BCUT2D eigenvalue weighted by Crippen LogP contribution is 2.29. The molecule has 0 amide bonds. The van der Waals surface area contributed by atoms with Gasteiger partial charge in [0.15, 0.2) is 15.8 Å².